The maximum absolute atomic E-state index is 5.92. The summed E-state index contributed by atoms with van der Waals surface area (Å²) in [6.45, 7) is 6.22. The molecule has 2 atom stereocenters. The van der Waals surface area contributed by atoms with Crippen LogP contribution in [0.5, 0.6) is 0 Å². The number of aryl methyl sites for hydroxylation is 1. The number of fused-ring (bicyclic) bond motifs is 1. The zero-order chi connectivity index (χ0) is 11.7. The molecular weight excluding hydrogens is 196 g/mol. The topological polar surface area (TPSA) is 38.9 Å². The maximum atomic E-state index is 5.92. The third-order valence-corrected chi connectivity index (χ3v) is 3.17. The Morgan fingerprint density at radius 1 is 1.12 bits per heavy atom. The van der Waals surface area contributed by atoms with Crippen LogP contribution < -0.4 is 5.73 Å². The minimum absolute atomic E-state index is 0.177. The lowest BCUT2D eigenvalue weighted by Gasteiger charge is -2.16. The van der Waals surface area contributed by atoms with Crippen LogP contribution in [-0.4, -0.2) is 11.0 Å². The Morgan fingerprint density at radius 3 is 2.56 bits per heavy atom. The molecule has 1 heterocycles. The van der Waals surface area contributed by atoms with Gasteiger partial charge in [-0.25, -0.2) is 0 Å². The molecule has 0 saturated carbocycles. The van der Waals surface area contributed by atoms with Gasteiger partial charge in [-0.15, -0.1) is 0 Å². The first-order chi connectivity index (χ1) is 7.58. The van der Waals surface area contributed by atoms with Crippen LogP contribution in [0.15, 0.2) is 30.3 Å². The fraction of sp³-hybridized carbons (Fsp3) is 0.357. The summed E-state index contributed by atoms with van der Waals surface area (Å²) in [6, 6.07) is 10.7. The number of aromatic nitrogens is 1. The van der Waals surface area contributed by atoms with Gasteiger partial charge in [-0.1, -0.05) is 19.1 Å². The van der Waals surface area contributed by atoms with Crippen LogP contribution in [0.2, 0.25) is 0 Å². The summed E-state index contributed by atoms with van der Waals surface area (Å²) >= 11 is 0. The molecule has 2 heteroatoms. The highest BCUT2D eigenvalue weighted by atomic mass is 14.7. The Bertz CT molecular complexity index is 503. The van der Waals surface area contributed by atoms with E-state index < -0.39 is 0 Å². The van der Waals surface area contributed by atoms with Gasteiger partial charge in [0.1, 0.15) is 0 Å². The number of benzene rings is 1. The monoisotopic (exact) mass is 214 g/mol. The van der Waals surface area contributed by atoms with Crippen molar-refractivity contribution >= 4 is 10.9 Å². The second-order valence-corrected chi connectivity index (χ2v) is 4.55. The summed E-state index contributed by atoms with van der Waals surface area (Å²) in [6.07, 6.45) is 0. The Morgan fingerprint density at radius 2 is 1.88 bits per heavy atom. The summed E-state index contributed by atoms with van der Waals surface area (Å²) in [4.78, 5) is 4.49. The van der Waals surface area contributed by atoms with Gasteiger partial charge in [0.2, 0.25) is 0 Å². The van der Waals surface area contributed by atoms with Crippen molar-refractivity contribution in [3.63, 3.8) is 0 Å². The van der Waals surface area contributed by atoms with Crippen LogP contribution >= 0.6 is 0 Å². The van der Waals surface area contributed by atoms with E-state index in [1.165, 1.54) is 10.9 Å². The predicted octanol–water partition coefficient (Wildman–Crippen LogP) is 2.99. The smallest absolute Gasteiger partial charge is 0.0705 e. The summed E-state index contributed by atoms with van der Waals surface area (Å²) in [5, 5.41) is 1.19. The largest absolute Gasteiger partial charge is 0.327 e. The quantitative estimate of drug-likeness (QED) is 0.834. The van der Waals surface area contributed by atoms with E-state index in [1.807, 2.05) is 19.9 Å². The Kier molecular flexibility index (Phi) is 2.92. The van der Waals surface area contributed by atoms with E-state index in [-0.39, 0.29) is 6.04 Å². The van der Waals surface area contributed by atoms with Gasteiger partial charge in [-0.2, -0.15) is 0 Å². The molecule has 2 unspecified atom stereocenters. The van der Waals surface area contributed by atoms with Gasteiger partial charge in [-0.05, 0) is 43.5 Å². The normalized spacial score (nSPS) is 15.0. The number of nitrogens with zero attached hydrogens (tertiary/aromatic N) is 1. The molecule has 1 aromatic carbocycles. The molecule has 2 N–H and O–H groups in total. The molecule has 16 heavy (non-hydrogen) atoms. The zero-order valence-corrected chi connectivity index (χ0v) is 10.1. The first-order valence-corrected chi connectivity index (χ1v) is 5.71. The minimum atomic E-state index is 0.177. The zero-order valence-electron chi connectivity index (χ0n) is 10.1. The third kappa shape index (κ3) is 2.07. The number of nitrogens with two attached hydrogens (primary N) is 1. The fourth-order valence-corrected chi connectivity index (χ4v) is 1.83. The van der Waals surface area contributed by atoms with E-state index in [0.29, 0.717) is 5.92 Å². The van der Waals surface area contributed by atoms with Crippen molar-refractivity contribution < 1.29 is 0 Å². The Labute approximate surface area is 96.5 Å². The standard InChI is InChI=1S/C14H18N2/c1-9-4-5-13-8-12(10(2)11(3)15)6-7-14(13)16-9/h4-8,10-11H,15H2,1-3H3. The first-order valence-electron chi connectivity index (χ1n) is 5.71. The molecule has 0 radical (unpaired) electrons. The molecule has 0 aliphatic rings. The summed E-state index contributed by atoms with van der Waals surface area (Å²) in [5.41, 5.74) is 9.32. The number of hydrogen-bond donors (Lipinski definition) is 1. The van der Waals surface area contributed by atoms with Crippen molar-refractivity contribution in [2.45, 2.75) is 32.7 Å². The highest BCUT2D eigenvalue weighted by molar-refractivity contribution is 5.79. The molecule has 0 spiro atoms. The van der Waals surface area contributed by atoms with Gasteiger partial charge in [0.25, 0.3) is 0 Å². The second kappa shape index (κ2) is 4.22. The van der Waals surface area contributed by atoms with Crippen molar-refractivity contribution in [1.29, 1.82) is 0 Å². The number of pyridine rings is 1. The van der Waals surface area contributed by atoms with E-state index in [1.54, 1.807) is 0 Å². The third-order valence-electron chi connectivity index (χ3n) is 3.17. The Hall–Kier alpha value is -1.41. The van der Waals surface area contributed by atoms with Crippen LogP contribution in [-0.2, 0) is 0 Å². The molecule has 0 bridgehead atoms. The van der Waals surface area contributed by atoms with Gasteiger partial charge in [0.05, 0.1) is 5.52 Å². The minimum Gasteiger partial charge on any atom is -0.327 e. The van der Waals surface area contributed by atoms with Crippen molar-refractivity contribution in [1.82, 2.24) is 4.98 Å². The molecule has 0 aliphatic heterocycles. The number of rotatable bonds is 2. The molecule has 2 aromatic rings. The van der Waals surface area contributed by atoms with Crippen molar-refractivity contribution in [2.24, 2.45) is 5.73 Å². The van der Waals surface area contributed by atoms with Crippen molar-refractivity contribution in [3.8, 4) is 0 Å². The van der Waals surface area contributed by atoms with Crippen molar-refractivity contribution in [3.05, 3.63) is 41.6 Å². The van der Waals surface area contributed by atoms with Crippen LogP contribution in [0.3, 0.4) is 0 Å². The van der Waals surface area contributed by atoms with Crippen LogP contribution in [0.25, 0.3) is 10.9 Å². The van der Waals surface area contributed by atoms with Crippen LogP contribution in [0.4, 0.5) is 0 Å². The molecule has 2 rings (SSSR count). The molecule has 0 saturated heterocycles. The lowest BCUT2D eigenvalue weighted by atomic mass is 9.94. The summed E-state index contributed by atoms with van der Waals surface area (Å²) < 4.78 is 0. The van der Waals surface area contributed by atoms with E-state index in [0.717, 1.165) is 11.2 Å². The molecule has 0 amide bonds. The van der Waals surface area contributed by atoms with Gasteiger partial charge in [0, 0.05) is 17.1 Å². The SMILES string of the molecule is Cc1ccc2cc(C(C)C(C)N)ccc2n1. The van der Waals surface area contributed by atoms with E-state index >= 15 is 0 Å². The predicted molar refractivity (Wildman–Crippen MR) is 68.5 cm³/mol. The van der Waals surface area contributed by atoms with E-state index in [9.17, 15) is 0 Å². The second-order valence-electron chi connectivity index (χ2n) is 4.55. The summed E-state index contributed by atoms with van der Waals surface area (Å²) in [5.74, 6) is 0.380. The fourth-order valence-electron chi connectivity index (χ4n) is 1.83. The van der Waals surface area contributed by atoms with Crippen LogP contribution in [0, 0.1) is 6.92 Å². The summed E-state index contributed by atoms with van der Waals surface area (Å²) in [7, 11) is 0. The number of hydrogen-bond acceptors (Lipinski definition) is 2. The molecule has 2 nitrogen and oxygen atoms in total. The van der Waals surface area contributed by atoms with E-state index in [2.05, 4.69) is 36.2 Å². The lowest BCUT2D eigenvalue weighted by Crippen LogP contribution is -2.22. The highest BCUT2D eigenvalue weighted by Gasteiger charge is 2.10. The first kappa shape index (κ1) is 11.1. The molecule has 1 aromatic heterocycles. The Balaban J connectivity index is 2.48. The molecule has 84 valence electrons. The van der Waals surface area contributed by atoms with Gasteiger partial charge in [0.15, 0.2) is 0 Å². The average molecular weight is 214 g/mol. The highest BCUT2D eigenvalue weighted by Crippen LogP contribution is 2.22. The van der Waals surface area contributed by atoms with Gasteiger partial charge < -0.3 is 5.73 Å². The molecule has 0 fully saturated rings. The molecular formula is C14H18N2. The maximum Gasteiger partial charge on any atom is 0.0705 e. The van der Waals surface area contributed by atoms with Crippen LogP contribution in [0.1, 0.15) is 31.0 Å². The van der Waals surface area contributed by atoms with Gasteiger partial charge >= 0.3 is 0 Å². The lowest BCUT2D eigenvalue weighted by molar-refractivity contribution is 0.614. The van der Waals surface area contributed by atoms with E-state index in [4.69, 9.17) is 5.73 Å². The average Bonchev–Trinajstić information content (AvgIpc) is 2.27. The van der Waals surface area contributed by atoms with Crippen molar-refractivity contribution in [2.75, 3.05) is 0 Å². The van der Waals surface area contributed by atoms with Gasteiger partial charge in [-0.3, -0.25) is 4.98 Å². The molecule has 0 aliphatic carbocycles.